The Morgan fingerprint density at radius 3 is 2.33 bits per heavy atom. The highest BCUT2D eigenvalue weighted by atomic mass is 32.2. The number of aromatic amines is 1. The van der Waals surface area contributed by atoms with Crippen LogP contribution in [-0.4, -0.2) is 59.9 Å². The first-order valence-corrected chi connectivity index (χ1v) is 10.2. The van der Waals surface area contributed by atoms with E-state index in [9.17, 15) is 17.6 Å². The number of benzene rings is 1. The average Bonchev–Trinajstić information content (AvgIpc) is 3.09. The lowest BCUT2D eigenvalue weighted by Crippen LogP contribution is -2.48. The number of pyridine rings is 1. The Morgan fingerprint density at radius 2 is 1.70 bits per heavy atom. The van der Waals surface area contributed by atoms with Crippen molar-refractivity contribution in [2.45, 2.75) is 0 Å². The third-order valence-electron chi connectivity index (χ3n) is 4.73. The maximum atomic E-state index is 14.2. The van der Waals surface area contributed by atoms with Gasteiger partial charge in [0.15, 0.2) is 0 Å². The lowest BCUT2D eigenvalue weighted by Gasteiger charge is -2.34. The second kappa shape index (κ2) is 6.46. The number of nitrogens with zero attached hydrogens (tertiary/aromatic N) is 4. The van der Waals surface area contributed by atoms with Gasteiger partial charge in [0.25, 0.3) is 5.56 Å². The maximum absolute atomic E-state index is 14.2. The van der Waals surface area contributed by atoms with E-state index in [0.29, 0.717) is 37.3 Å². The Labute approximate surface area is 154 Å². The maximum Gasteiger partial charge on any atom is 0.286 e. The number of hydrogen-bond donors (Lipinski definition) is 1. The fourth-order valence-electron chi connectivity index (χ4n) is 3.28. The van der Waals surface area contributed by atoms with Gasteiger partial charge in [-0.15, -0.1) is 0 Å². The van der Waals surface area contributed by atoms with E-state index in [1.807, 2.05) is 12.1 Å². The lowest BCUT2D eigenvalue weighted by atomic mass is 10.2. The molecule has 1 aliphatic rings. The molecule has 0 atom stereocenters. The largest absolute Gasteiger partial charge is 0.369 e. The third kappa shape index (κ3) is 3.21. The van der Waals surface area contributed by atoms with E-state index in [1.54, 1.807) is 12.1 Å². The first-order chi connectivity index (χ1) is 12.8. The van der Waals surface area contributed by atoms with Crippen LogP contribution in [0.15, 0.2) is 41.5 Å². The second-order valence-corrected chi connectivity index (χ2v) is 8.44. The minimum Gasteiger partial charge on any atom is -0.369 e. The van der Waals surface area contributed by atoms with E-state index in [1.165, 1.54) is 27.6 Å². The van der Waals surface area contributed by atoms with E-state index in [-0.39, 0.29) is 5.52 Å². The van der Waals surface area contributed by atoms with Gasteiger partial charge in [-0.1, -0.05) is 0 Å². The SMILES string of the molecule is CS(=O)(=O)N1CCN(c2ccc(-n3ncc4c[nH]c(=O)c(F)c43)cc2)CC1. The number of sulfonamides is 1. The van der Waals surface area contributed by atoms with Gasteiger partial charge in [-0.05, 0) is 24.3 Å². The molecule has 10 heteroatoms. The number of aromatic nitrogens is 3. The summed E-state index contributed by atoms with van der Waals surface area (Å²) < 4.78 is 40.3. The molecule has 1 saturated heterocycles. The first kappa shape index (κ1) is 17.7. The molecule has 3 heterocycles. The number of piperazine rings is 1. The van der Waals surface area contributed by atoms with Crippen LogP contribution in [0.25, 0.3) is 16.6 Å². The molecule has 1 fully saturated rings. The molecule has 4 rings (SSSR count). The minimum atomic E-state index is -3.16. The van der Waals surface area contributed by atoms with Crippen LogP contribution in [0.2, 0.25) is 0 Å². The van der Waals surface area contributed by atoms with Gasteiger partial charge in [-0.2, -0.15) is 13.8 Å². The highest BCUT2D eigenvalue weighted by Crippen LogP contribution is 2.22. The van der Waals surface area contributed by atoms with Gasteiger partial charge in [-0.3, -0.25) is 4.79 Å². The topological polar surface area (TPSA) is 91.3 Å². The van der Waals surface area contributed by atoms with Gasteiger partial charge in [0.05, 0.1) is 18.1 Å². The number of fused-ring (bicyclic) bond motifs is 1. The molecule has 2 aromatic heterocycles. The molecule has 0 saturated carbocycles. The Balaban J connectivity index is 1.59. The van der Waals surface area contributed by atoms with Crippen LogP contribution in [-0.2, 0) is 10.0 Å². The third-order valence-corrected chi connectivity index (χ3v) is 6.03. The molecule has 0 unspecified atom stereocenters. The Hall–Kier alpha value is -2.72. The highest BCUT2D eigenvalue weighted by molar-refractivity contribution is 7.88. The summed E-state index contributed by atoms with van der Waals surface area (Å²) >= 11 is 0. The first-order valence-electron chi connectivity index (χ1n) is 8.40. The van der Waals surface area contributed by atoms with E-state index < -0.39 is 21.4 Å². The van der Waals surface area contributed by atoms with Gasteiger partial charge >= 0.3 is 0 Å². The van der Waals surface area contributed by atoms with Gasteiger partial charge in [0.2, 0.25) is 15.8 Å². The molecule has 1 N–H and O–H groups in total. The molecule has 3 aromatic rings. The molecule has 1 aromatic carbocycles. The van der Waals surface area contributed by atoms with Crippen LogP contribution in [0.4, 0.5) is 10.1 Å². The van der Waals surface area contributed by atoms with Crippen molar-refractivity contribution < 1.29 is 12.8 Å². The number of halogens is 1. The predicted molar refractivity (Wildman–Crippen MR) is 100 cm³/mol. The monoisotopic (exact) mass is 391 g/mol. The summed E-state index contributed by atoms with van der Waals surface area (Å²) in [5.74, 6) is -0.869. The lowest BCUT2D eigenvalue weighted by molar-refractivity contribution is 0.388. The zero-order chi connectivity index (χ0) is 19.2. The predicted octanol–water partition coefficient (Wildman–Crippen LogP) is 0.934. The van der Waals surface area contributed by atoms with E-state index >= 15 is 0 Å². The fraction of sp³-hybridized carbons (Fsp3) is 0.294. The van der Waals surface area contributed by atoms with Crippen molar-refractivity contribution in [1.82, 2.24) is 19.1 Å². The van der Waals surface area contributed by atoms with E-state index in [0.717, 1.165) is 5.69 Å². The molecular weight excluding hydrogens is 373 g/mol. The van der Waals surface area contributed by atoms with Crippen LogP contribution < -0.4 is 10.5 Å². The van der Waals surface area contributed by atoms with E-state index in [2.05, 4.69) is 15.0 Å². The normalized spacial score (nSPS) is 16.1. The minimum absolute atomic E-state index is 0.133. The molecule has 0 aliphatic carbocycles. The van der Waals surface area contributed by atoms with Gasteiger partial charge < -0.3 is 9.88 Å². The van der Waals surface area contributed by atoms with Gasteiger partial charge in [-0.25, -0.2) is 13.1 Å². The van der Waals surface area contributed by atoms with Crippen LogP contribution in [0.5, 0.6) is 0 Å². The van der Waals surface area contributed by atoms with Crippen molar-refractivity contribution in [3.05, 3.63) is 52.8 Å². The Morgan fingerprint density at radius 1 is 1.07 bits per heavy atom. The molecule has 0 bridgehead atoms. The number of anilines is 1. The zero-order valence-electron chi connectivity index (χ0n) is 14.6. The van der Waals surface area contributed by atoms with Crippen LogP contribution in [0.1, 0.15) is 0 Å². The van der Waals surface area contributed by atoms with Crippen LogP contribution in [0.3, 0.4) is 0 Å². The molecular formula is C17H18FN5O3S. The van der Waals surface area contributed by atoms with Crippen LogP contribution >= 0.6 is 0 Å². The van der Waals surface area contributed by atoms with Gasteiger partial charge in [0, 0.05) is 43.4 Å². The number of rotatable bonds is 3. The molecule has 142 valence electrons. The molecule has 0 amide bonds. The number of nitrogens with one attached hydrogen (secondary N) is 1. The average molecular weight is 391 g/mol. The summed E-state index contributed by atoms with van der Waals surface area (Å²) in [4.78, 5) is 16.0. The summed E-state index contributed by atoms with van der Waals surface area (Å²) in [5, 5.41) is 4.68. The molecule has 27 heavy (non-hydrogen) atoms. The summed E-state index contributed by atoms with van der Waals surface area (Å²) in [7, 11) is -3.16. The summed E-state index contributed by atoms with van der Waals surface area (Å²) in [5.41, 5.74) is 0.924. The summed E-state index contributed by atoms with van der Waals surface area (Å²) in [6, 6.07) is 7.35. The molecule has 8 nitrogen and oxygen atoms in total. The van der Waals surface area contributed by atoms with Crippen molar-refractivity contribution in [3.8, 4) is 5.69 Å². The Bertz CT molecular complexity index is 1150. The number of hydrogen-bond acceptors (Lipinski definition) is 5. The van der Waals surface area contributed by atoms with Crippen molar-refractivity contribution in [2.75, 3.05) is 37.3 Å². The molecule has 0 radical (unpaired) electrons. The Kier molecular flexibility index (Phi) is 4.23. The molecule has 1 aliphatic heterocycles. The zero-order valence-corrected chi connectivity index (χ0v) is 15.4. The summed E-state index contributed by atoms with van der Waals surface area (Å²) in [6.45, 7) is 2.08. The van der Waals surface area contributed by atoms with Crippen molar-refractivity contribution in [3.63, 3.8) is 0 Å². The van der Waals surface area contributed by atoms with Crippen LogP contribution in [0, 0.1) is 5.82 Å². The fourth-order valence-corrected chi connectivity index (χ4v) is 4.11. The van der Waals surface area contributed by atoms with Crippen molar-refractivity contribution >= 4 is 26.6 Å². The smallest absolute Gasteiger partial charge is 0.286 e. The second-order valence-electron chi connectivity index (χ2n) is 6.46. The van der Waals surface area contributed by atoms with Crippen molar-refractivity contribution in [1.29, 1.82) is 0 Å². The molecule has 0 spiro atoms. The number of H-pyrrole nitrogens is 1. The standard InChI is InChI=1S/C17H18FN5O3S/c1-27(25,26)22-8-6-21(7-9-22)13-2-4-14(5-3-13)23-16-12(11-20-23)10-19-17(24)15(16)18/h2-5,10-11H,6-9H2,1H3,(H,19,24). The quantitative estimate of drug-likeness (QED) is 0.717. The van der Waals surface area contributed by atoms with Crippen molar-refractivity contribution in [2.24, 2.45) is 0 Å². The van der Waals surface area contributed by atoms with E-state index in [4.69, 9.17) is 0 Å². The van der Waals surface area contributed by atoms with Gasteiger partial charge in [0.1, 0.15) is 5.52 Å². The highest BCUT2D eigenvalue weighted by Gasteiger charge is 2.23. The summed E-state index contributed by atoms with van der Waals surface area (Å²) in [6.07, 6.45) is 4.14.